The van der Waals surface area contributed by atoms with E-state index in [1.165, 1.54) is 12.0 Å². The van der Waals surface area contributed by atoms with Gasteiger partial charge in [-0.3, -0.25) is 9.59 Å². The molecule has 2 heterocycles. The molecular weight excluding hydrogens is 380 g/mol. The molecule has 168 valence electrons. The molecule has 1 aliphatic heterocycles. The lowest BCUT2D eigenvalue weighted by atomic mass is 9.91. The molecule has 0 aromatic carbocycles. The monoisotopic (exact) mass is 418 g/mol. The van der Waals surface area contributed by atoms with Crippen LogP contribution in [0.5, 0.6) is 0 Å². The van der Waals surface area contributed by atoms with Gasteiger partial charge in [-0.15, -0.1) is 0 Å². The van der Waals surface area contributed by atoms with Crippen LogP contribution in [-0.2, 0) is 22.4 Å². The number of hydrogen-bond acceptors (Lipinski definition) is 5. The molecule has 1 aliphatic rings. The second-order valence-electron chi connectivity index (χ2n) is 8.67. The molecule has 7 nitrogen and oxygen atoms in total. The maximum absolute atomic E-state index is 12.2. The highest BCUT2D eigenvalue weighted by Gasteiger charge is 2.17. The summed E-state index contributed by atoms with van der Waals surface area (Å²) in [4.78, 5) is 29.4. The summed E-state index contributed by atoms with van der Waals surface area (Å²) in [6.45, 7) is 1.00. The summed E-state index contributed by atoms with van der Waals surface area (Å²) in [5, 5.41) is 12.3. The maximum Gasteiger partial charge on any atom is 0.320 e. The van der Waals surface area contributed by atoms with Crippen molar-refractivity contribution >= 4 is 17.7 Å². The van der Waals surface area contributed by atoms with Gasteiger partial charge < -0.3 is 21.1 Å². The van der Waals surface area contributed by atoms with E-state index in [4.69, 9.17) is 15.8 Å². The predicted molar refractivity (Wildman–Crippen MR) is 119 cm³/mol. The van der Waals surface area contributed by atoms with Crippen molar-refractivity contribution in [2.24, 2.45) is 11.7 Å². The van der Waals surface area contributed by atoms with Crippen molar-refractivity contribution in [3.05, 3.63) is 23.4 Å². The van der Waals surface area contributed by atoms with Crippen LogP contribution in [0.15, 0.2) is 12.1 Å². The normalized spacial score (nSPS) is 15.0. The molecule has 1 aromatic rings. The topological polar surface area (TPSA) is 109 Å². The van der Waals surface area contributed by atoms with Crippen LogP contribution in [0.1, 0.15) is 69.0 Å². The smallest absolute Gasteiger partial charge is 0.320 e. The van der Waals surface area contributed by atoms with Gasteiger partial charge in [-0.1, -0.05) is 25.3 Å². The number of nitrogens with two attached hydrogens (primary N) is 1. The summed E-state index contributed by atoms with van der Waals surface area (Å²) in [5.74, 6) is 0.594. The molecule has 1 amide bonds. The average molecular weight is 419 g/mol. The number of fused-ring (bicyclic) bond motifs is 1. The SMILES string of the molecule is CN(C)C(=O)CC(CCCCc1ccc2c(n1)NCCC2)CCCC[C@H](N)C(=O)O. The number of aryl methyl sites for hydroxylation is 2. The van der Waals surface area contributed by atoms with Crippen molar-refractivity contribution in [1.29, 1.82) is 0 Å². The zero-order valence-electron chi connectivity index (χ0n) is 18.5. The lowest BCUT2D eigenvalue weighted by Crippen LogP contribution is -2.29. The first-order chi connectivity index (χ1) is 14.4. The van der Waals surface area contributed by atoms with Crippen molar-refractivity contribution < 1.29 is 14.7 Å². The fourth-order valence-corrected chi connectivity index (χ4v) is 3.95. The Kier molecular flexibility index (Phi) is 10.1. The van der Waals surface area contributed by atoms with E-state index in [2.05, 4.69) is 17.4 Å². The molecule has 0 aliphatic carbocycles. The summed E-state index contributed by atoms with van der Waals surface area (Å²) in [5.41, 5.74) is 8.03. The van der Waals surface area contributed by atoms with Crippen LogP contribution in [0, 0.1) is 5.92 Å². The van der Waals surface area contributed by atoms with Crippen LogP contribution in [0.3, 0.4) is 0 Å². The van der Waals surface area contributed by atoms with E-state index in [1.54, 1.807) is 19.0 Å². The van der Waals surface area contributed by atoms with Crippen molar-refractivity contribution in [3.63, 3.8) is 0 Å². The number of unbranched alkanes of at least 4 members (excludes halogenated alkanes) is 2. The summed E-state index contributed by atoms with van der Waals surface area (Å²) >= 11 is 0. The lowest BCUT2D eigenvalue weighted by molar-refractivity contribution is -0.138. The third kappa shape index (κ3) is 8.30. The van der Waals surface area contributed by atoms with Gasteiger partial charge in [0.15, 0.2) is 0 Å². The van der Waals surface area contributed by atoms with Gasteiger partial charge in [0, 0.05) is 32.8 Å². The molecule has 0 radical (unpaired) electrons. The van der Waals surface area contributed by atoms with Gasteiger partial charge in [0.1, 0.15) is 11.9 Å². The molecule has 2 rings (SSSR count). The summed E-state index contributed by atoms with van der Waals surface area (Å²) < 4.78 is 0. The first-order valence-corrected chi connectivity index (χ1v) is 11.3. The number of aliphatic carboxylic acids is 1. The van der Waals surface area contributed by atoms with Crippen LogP contribution in [0.4, 0.5) is 5.82 Å². The number of anilines is 1. The highest BCUT2D eigenvalue weighted by molar-refractivity contribution is 5.75. The fraction of sp³-hybridized carbons (Fsp3) is 0.696. The van der Waals surface area contributed by atoms with Crippen LogP contribution >= 0.6 is 0 Å². The van der Waals surface area contributed by atoms with Gasteiger partial charge in [0.05, 0.1) is 0 Å². The van der Waals surface area contributed by atoms with E-state index in [0.717, 1.165) is 69.4 Å². The van der Waals surface area contributed by atoms with Crippen LogP contribution in [-0.4, -0.2) is 53.5 Å². The third-order valence-corrected chi connectivity index (χ3v) is 5.90. The van der Waals surface area contributed by atoms with Gasteiger partial charge in [-0.2, -0.15) is 0 Å². The molecule has 0 spiro atoms. The van der Waals surface area contributed by atoms with E-state index >= 15 is 0 Å². The summed E-state index contributed by atoms with van der Waals surface area (Å²) in [6, 6.07) is 3.56. The molecule has 0 fully saturated rings. The lowest BCUT2D eigenvalue weighted by Gasteiger charge is -2.19. The molecule has 0 bridgehead atoms. The highest BCUT2D eigenvalue weighted by atomic mass is 16.4. The Bertz CT molecular complexity index is 693. The number of hydrogen-bond donors (Lipinski definition) is 3. The third-order valence-electron chi connectivity index (χ3n) is 5.90. The minimum Gasteiger partial charge on any atom is -0.480 e. The van der Waals surface area contributed by atoms with Crippen LogP contribution in [0.25, 0.3) is 0 Å². The van der Waals surface area contributed by atoms with E-state index in [0.29, 0.717) is 18.8 Å². The molecule has 1 unspecified atom stereocenters. The number of carboxylic acid groups (broad SMARTS) is 1. The van der Waals surface area contributed by atoms with Crippen molar-refractivity contribution in [2.75, 3.05) is 26.0 Å². The van der Waals surface area contributed by atoms with Crippen molar-refractivity contribution in [3.8, 4) is 0 Å². The molecule has 4 N–H and O–H groups in total. The zero-order valence-corrected chi connectivity index (χ0v) is 18.5. The van der Waals surface area contributed by atoms with Gasteiger partial charge in [-0.25, -0.2) is 4.98 Å². The number of carboxylic acids is 1. The van der Waals surface area contributed by atoms with Crippen molar-refractivity contribution in [1.82, 2.24) is 9.88 Å². The molecule has 7 heteroatoms. The van der Waals surface area contributed by atoms with E-state index in [1.807, 2.05) is 0 Å². The quantitative estimate of drug-likeness (QED) is 0.425. The Morgan fingerprint density at radius 3 is 2.57 bits per heavy atom. The Morgan fingerprint density at radius 2 is 1.87 bits per heavy atom. The Hall–Kier alpha value is -2.15. The fourth-order valence-electron chi connectivity index (χ4n) is 3.95. The first kappa shape index (κ1) is 24.1. The number of amides is 1. The summed E-state index contributed by atoms with van der Waals surface area (Å²) in [7, 11) is 3.59. The van der Waals surface area contributed by atoms with E-state index < -0.39 is 12.0 Å². The average Bonchev–Trinajstić information content (AvgIpc) is 2.73. The minimum atomic E-state index is -0.944. The standard InChI is InChI=1S/C23H38N4O3/c1-27(2)21(28)16-17(9-4-6-12-20(24)23(29)30)8-3-5-11-19-14-13-18-10-7-15-25-22(18)26-19/h13-14,17,20H,3-12,15-16,24H2,1-2H3,(H,25,26)(H,29,30)/t17?,20-/m0/s1. The van der Waals surface area contributed by atoms with Crippen LogP contribution in [0.2, 0.25) is 0 Å². The number of nitrogens with one attached hydrogen (secondary N) is 1. The van der Waals surface area contributed by atoms with Gasteiger partial charge in [0.2, 0.25) is 5.91 Å². The molecule has 30 heavy (non-hydrogen) atoms. The second-order valence-corrected chi connectivity index (χ2v) is 8.67. The van der Waals surface area contributed by atoms with E-state index in [-0.39, 0.29) is 5.91 Å². The highest BCUT2D eigenvalue weighted by Crippen LogP contribution is 2.23. The molecular formula is C23H38N4O3. The molecule has 2 atom stereocenters. The largest absolute Gasteiger partial charge is 0.480 e. The molecule has 1 aromatic heterocycles. The number of aromatic nitrogens is 1. The Labute approximate surface area is 180 Å². The number of rotatable bonds is 13. The minimum absolute atomic E-state index is 0.157. The van der Waals surface area contributed by atoms with Crippen molar-refractivity contribution in [2.45, 2.75) is 76.7 Å². The van der Waals surface area contributed by atoms with Crippen LogP contribution < -0.4 is 11.1 Å². The van der Waals surface area contributed by atoms with Gasteiger partial charge in [0.25, 0.3) is 0 Å². The maximum atomic E-state index is 12.2. The van der Waals surface area contributed by atoms with Gasteiger partial charge in [-0.05, 0) is 62.5 Å². The number of pyridine rings is 1. The zero-order chi connectivity index (χ0) is 21.9. The Morgan fingerprint density at radius 1 is 1.17 bits per heavy atom. The predicted octanol–water partition coefficient (Wildman–Crippen LogP) is 3.22. The molecule has 0 saturated heterocycles. The van der Waals surface area contributed by atoms with Gasteiger partial charge >= 0.3 is 5.97 Å². The number of nitrogens with zero attached hydrogens (tertiary/aromatic N) is 2. The number of carbonyl (C=O) groups excluding carboxylic acids is 1. The first-order valence-electron chi connectivity index (χ1n) is 11.3. The summed E-state index contributed by atoms with van der Waals surface area (Å²) in [6.07, 6.45) is 10.0. The molecule has 0 saturated carbocycles. The Balaban J connectivity index is 1.75. The van der Waals surface area contributed by atoms with E-state index in [9.17, 15) is 9.59 Å². The second kappa shape index (κ2) is 12.5. The number of carbonyl (C=O) groups is 2.